The van der Waals surface area contributed by atoms with Gasteiger partial charge in [-0.25, -0.2) is 14.5 Å². The average Bonchev–Trinajstić information content (AvgIpc) is 2.95. The highest BCUT2D eigenvalue weighted by Gasteiger charge is 2.13. The Morgan fingerprint density at radius 1 is 1.36 bits per heavy atom. The van der Waals surface area contributed by atoms with Crippen LogP contribution in [0.5, 0.6) is 0 Å². The van der Waals surface area contributed by atoms with E-state index < -0.39 is 0 Å². The lowest BCUT2D eigenvalue weighted by molar-refractivity contribution is 0.0120. The van der Waals surface area contributed by atoms with E-state index in [0.717, 1.165) is 43.1 Å². The third-order valence-corrected chi connectivity index (χ3v) is 4.26. The Labute approximate surface area is 147 Å². The predicted octanol–water partition coefficient (Wildman–Crippen LogP) is 2.96. The molecule has 25 heavy (non-hydrogen) atoms. The first-order valence-electron chi connectivity index (χ1n) is 8.78. The highest BCUT2D eigenvalue weighted by molar-refractivity contribution is 5.89. The van der Waals surface area contributed by atoms with Gasteiger partial charge in [0.05, 0.1) is 23.7 Å². The normalized spacial score (nSPS) is 17.3. The Kier molecular flexibility index (Phi) is 5.65. The molecule has 7 heteroatoms. The maximum Gasteiger partial charge on any atom is 0.319 e. The number of amides is 2. The molecule has 0 aliphatic carbocycles. The molecule has 0 saturated carbocycles. The van der Waals surface area contributed by atoms with Gasteiger partial charge < -0.3 is 15.4 Å². The number of aryl methyl sites for hydroxylation is 2. The van der Waals surface area contributed by atoms with Gasteiger partial charge in [0.2, 0.25) is 0 Å². The number of hydrogen-bond acceptors (Lipinski definition) is 4. The number of carbonyl (C=O) groups is 1. The van der Waals surface area contributed by atoms with Crippen LogP contribution in [-0.2, 0) is 4.74 Å². The van der Waals surface area contributed by atoms with Gasteiger partial charge in [-0.05, 0) is 57.7 Å². The molecule has 0 spiro atoms. The zero-order chi connectivity index (χ0) is 17.6. The largest absolute Gasteiger partial charge is 0.378 e. The van der Waals surface area contributed by atoms with E-state index >= 15 is 0 Å². The van der Waals surface area contributed by atoms with Crippen molar-refractivity contribution in [1.82, 2.24) is 20.1 Å². The molecule has 1 aliphatic heterocycles. The van der Waals surface area contributed by atoms with Gasteiger partial charge in [0.15, 0.2) is 5.82 Å². The fourth-order valence-corrected chi connectivity index (χ4v) is 3.00. The Bertz CT molecular complexity index is 705. The molecule has 1 atom stereocenters. The van der Waals surface area contributed by atoms with Crippen molar-refractivity contribution >= 4 is 11.7 Å². The van der Waals surface area contributed by atoms with Crippen molar-refractivity contribution in [2.24, 2.45) is 0 Å². The molecule has 7 nitrogen and oxygen atoms in total. The maximum atomic E-state index is 12.0. The maximum absolute atomic E-state index is 12.0. The van der Waals surface area contributed by atoms with Gasteiger partial charge in [0.25, 0.3) is 0 Å². The number of urea groups is 1. The molecular weight excluding hydrogens is 318 g/mol. The van der Waals surface area contributed by atoms with Gasteiger partial charge in [-0.2, -0.15) is 5.10 Å². The summed E-state index contributed by atoms with van der Waals surface area (Å²) < 4.78 is 7.44. The molecular formula is C18H25N5O2. The Balaban J connectivity index is 1.47. The van der Waals surface area contributed by atoms with E-state index in [1.54, 1.807) is 10.9 Å². The van der Waals surface area contributed by atoms with E-state index in [-0.39, 0.29) is 12.1 Å². The number of ether oxygens (including phenoxy) is 1. The highest BCUT2D eigenvalue weighted by Crippen LogP contribution is 2.15. The standard InChI is InChI=1S/C18H25N5O2/c1-13-11-14(2)23(22-13)17-7-6-15(12-20-17)21-18(24)19-9-8-16-5-3-4-10-25-16/h6-7,11-12,16H,3-5,8-10H2,1-2H3,(H2,19,21,24)/t16-/m0/s1. The lowest BCUT2D eigenvalue weighted by atomic mass is 10.1. The van der Waals surface area contributed by atoms with Gasteiger partial charge in [-0.3, -0.25) is 0 Å². The fraction of sp³-hybridized carbons (Fsp3) is 0.500. The minimum atomic E-state index is -0.225. The van der Waals surface area contributed by atoms with Gasteiger partial charge in [0, 0.05) is 18.8 Å². The summed E-state index contributed by atoms with van der Waals surface area (Å²) in [4.78, 5) is 16.3. The predicted molar refractivity (Wildman–Crippen MR) is 96.1 cm³/mol. The Morgan fingerprint density at radius 3 is 2.88 bits per heavy atom. The van der Waals surface area contributed by atoms with Crippen LogP contribution < -0.4 is 10.6 Å². The number of nitrogens with zero attached hydrogens (tertiary/aromatic N) is 3. The van der Waals surface area contributed by atoms with Crippen molar-refractivity contribution in [3.63, 3.8) is 0 Å². The van der Waals surface area contributed by atoms with E-state index in [2.05, 4.69) is 20.7 Å². The number of hydrogen-bond donors (Lipinski definition) is 2. The van der Waals surface area contributed by atoms with E-state index in [0.29, 0.717) is 12.2 Å². The molecule has 3 heterocycles. The van der Waals surface area contributed by atoms with E-state index in [9.17, 15) is 4.79 Å². The highest BCUT2D eigenvalue weighted by atomic mass is 16.5. The van der Waals surface area contributed by atoms with E-state index in [1.165, 1.54) is 6.42 Å². The van der Waals surface area contributed by atoms with Crippen LogP contribution >= 0.6 is 0 Å². The minimum Gasteiger partial charge on any atom is -0.378 e. The van der Waals surface area contributed by atoms with Crippen molar-refractivity contribution in [1.29, 1.82) is 0 Å². The van der Waals surface area contributed by atoms with Crippen LogP contribution in [0.4, 0.5) is 10.5 Å². The summed E-state index contributed by atoms with van der Waals surface area (Å²) in [5, 5.41) is 10.1. The Hall–Kier alpha value is -2.41. The van der Waals surface area contributed by atoms with Crippen LogP contribution in [0.2, 0.25) is 0 Å². The topological polar surface area (TPSA) is 81.1 Å². The lowest BCUT2D eigenvalue weighted by Gasteiger charge is -2.22. The van der Waals surface area contributed by atoms with Gasteiger partial charge in [0.1, 0.15) is 0 Å². The molecule has 2 N–H and O–H groups in total. The average molecular weight is 343 g/mol. The number of pyridine rings is 1. The smallest absolute Gasteiger partial charge is 0.319 e. The molecule has 0 aromatic carbocycles. The zero-order valence-corrected chi connectivity index (χ0v) is 14.8. The first kappa shape index (κ1) is 17.4. The van der Waals surface area contributed by atoms with Crippen LogP contribution in [0.15, 0.2) is 24.4 Å². The molecule has 0 unspecified atom stereocenters. The molecule has 1 aliphatic rings. The van der Waals surface area contributed by atoms with Crippen molar-refractivity contribution in [3.8, 4) is 5.82 Å². The minimum absolute atomic E-state index is 0.225. The molecule has 2 amide bonds. The molecule has 3 rings (SSSR count). The summed E-state index contributed by atoms with van der Waals surface area (Å²) in [6, 6.07) is 5.43. The van der Waals surface area contributed by atoms with Crippen LogP contribution in [0.3, 0.4) is 0 Å². The molecule has 0 bridgehead atoms. The first-order chi connectivity index (χ1) is 12.1. The van der Waals surface area contributed by atoms with Crippen LogP contribution in [0.1, 0.15) is 37.1 Å². The van der Waals surface area contributed by atoms with Gasteiger partial charge in [-0.1, -0.05) is 0 Å². The molecule has 0 radical (unpaired) electrons. The van der Waals surface area contributed by atoms with Crippen LogP contribution in [-0.4, -0.2) is 40.1 Å². The summed E-state index contributed by atoms with van der Waals surface area (Å²) >= 11 is 0. The third kappa shape index (κ3) is 4.79. The second-order valence-corrected chi connectivity index (χ2v) is 6.40. The molecule has 1 saturated heterocycles. The van der Waals surface area contributed by atoms with E-state index in [1.807, 2.05) is 32.0 Å². The van der Waals surface area contributed by atoms with Crippen molar-refractivity contribution < 1.29 is 9.53 Å². The van der Waals surface area contributed by atoms with Crippen molar-refractivity contribution in [3.05, 3.63) is 35.8 Å². The number of carbonyl (C=O) groups excluding carboxylic acids is 1. The quantitative estimate of drug-likeness (QED) is 0.874. The number of aromatic nitrogens is 3. The van der Waals surface area contributed by atoms with Gasteiger partial charge >= 0.3 is 6.03 Å². The van der Waals surface area contributed by atoms with Crippen LogP contribution in [0.25, 0.3) is 5.82 Å². The number of rotatable bonds is 5. The summed E-state index contributed by atoms with van der Waals surface area (Å²) in [5.74, 6) is 0.728. The fourth-order valence-electron chi connectivity index (χ4n) is 3.00. The van der Waals surface area contributed by atoms with Crippen molar-refractivity contribution in [2.45, 2.75) is 45.6 Å². The second kappa shape index (κ2) is 8.11. The van der Waals surface area contributed by atoms with Gasteiger partial charge in [-0.15, -0.1) is 0 Å². The van der Waals surface area contributed by atoms with Crippen molar-refractivity contribution in [2.75, 3.05) is 18.5 Å². The summed E-state index contributed by atoms with van der Waals surface area (Å²) in [6.45, 7) is 5.37. The number of nitrogens with one attached hydrogen (secondary N) is 2. The monoisotopic (exact) mass is 343 g/mol. The molecule has 1 fully saturated rings. The second-order valence-electron chi connectivity index (χ2n) is 6.40. The lowest BCUT2D eigenvalue weighted by Crippen LogP contribution is -2.32. The first-order valence-corrected chi connectivity index (χ1v) is 8.78. The summed E-state index contributed by atoms with van der Waals surface area (Å²) in [6.07, 6.45) is 6.20. The zero-order valence-electron chi connectivity index (χ0n) is 14.8. The van der Waals surface area contributed by atoms with Crippen LogP contribution in [0, 0.1) is 13.8 Å². The molecule has 2 aromatic heterocycles. The summed E-state index contributed by atoms with van der Waals surface area (Å²) in [7, 11) is 0. The number of anilines is 1. The molecule has 2 aromatic rings. The third-order valence-electron chi connectivity index (χ3n) is 4.26. The molecule has 134 valence electrons. The Morgan fingerprint density at radius 2 is 2.24 bits per heavy atom. The SMILES string of the molecule is Cc1cc(C)n(-c2ccc(NC(=O)NCC[C@@H]3CCCCO3)cn2)n1. The summed E-state index contributed by atoms with van der Waals surface area (Å²) in [5.41, 5.74) is 2.62. The van der Waals surface area contributed by atoms with E-state index in [4.69, 9.17) is 4.74 Å².